The molecule has 1 heterocycles. The summed E-state index contributed by atoms with van der Waals surface area (Å²) in [5.41, 5.74) is 6.07. The average molecular weight is 242 g/mol. The number of carbonyl (C=O) groups excluding carboxylic acids is 1. The lowest BCUT2D eigenvalue weighted by Crippen LogP contribution is -2.14. The van der Waals surface area contributed by atoms with Gasteiger partial charge in [-0.05, 0) is 33.6 Å². The quantitative estimate of drug-likeness (QED) is 0.819. The number of hydrogen-bond acceptors (Lipinski definition) is 2. The van der Waals surface area contributed by atoms with Crippen LogP contribution in [0.5, 0.6) is 0 Å². The number of pyridine rings is 1. The lowest BCUT2D eigenvalue weighted by Gasteiger charge is -2.08. The SMILES string of the molecule is C[C](CC(N)=O)c1ccnc(Br)c1. The minimum absolute atomic E-state index is 0.288. The van der Waals surface area contributed by atoms with Crippen molar-refractivity contribution in [1.82, 2.24) is 4.98 Å². The van der Waals surface area contributed by atoms with Crippen LogP contribution in [0.25, 0.3) is 0 Å². The van der Waals surface area contributed by atoms with Crippen molar-refractivity contribution in [2.45, 2.75) is 13.3 Å². The Bertz CT molecular complexity index is 314. The number of nitrogens with two attached hydrogens (primary N) is 1. The Balaban J connectivity index is 2.76. The third-order valence-corrected chi connectivity index (χ3v) is 2.09. The normalized spacial score (nSPS) is 10.4. The number of primary amides is 1. The van der Waals surface area contributed by atoms with Crippen LogP contribution in [0.1, 0.15) is 18.9 Å². The van der Waals surface area contributed by atoms with Gasteiger partial charge in [0.2, 0.25) is 5.91 Å². The fourth-order valence-corrected chi connectivity index (χ4v) is 1.40. The molecule has 0 aliphatic rings. The standard InChI is InChI=1S/C9H10BrN2O/c1-6(4-9(11)13)7-2-3-12-8(10)5-7/h2-3,5H,4H2,1H3,(H2,11,13). The van der Waals surface area contributed by atoms with Gasteiger partial charge in [0.25, 0.3) is 0 Å². The molecule has 0 bridgehead atoms. The van der Waals surface area contributed by atoms with Crippen LogP contribution < -0.4 is 5.73 Å². The van der Waals surface area contributed by atoms with Crippen LogP contribution in [0.2, 0.25) is 0 Å². The molecule has 0 saturated carbocycles. The molecule has 1 rings (SSSR count). The van der Waals surface area contributed by atoms with Crippen molar-refractivity contribution in [1.29, 1.82) is 0 Å². The Labute approximate surface area is 85.5 Å². The molecule has 1 radical (unpaired) electrons. The smallest absolute Gasteiger partial charge is 0.218 e. The summed E-state index contributed by atoms with van der Waals surface area (Å²) in [5.74, 6) is 0.640. The minimum Gasteiger partial charge on any atom is -0.370 e. The number of nitrogens with zero attached hydrogens (tertiary/aromatic N) is 1. The van der Waals surface area contributed by atoms with Gasteiger partial charge in [-0.1, -0.05) is 6.92 Å². The molecule has 13 heavy (non-hydrogen) atoms. The highest BCUT2D eigenvalue weighted by Gasteiger charge is 2.09. The lowest BCUT2D eigenvalue weighted by atomic mass is 9.99. The first kappa shape index (κ1) is 10.2. The summed E-state index contributed by atoms with van der Waals surface area (Å²) in [6, 6.07) is 3.71. The monoisotopic (exact) mass is 241 g/mol. The Morgan fingerprint density at radius 1 is 1.69 bits per heavy atom. The van der Waals surface area contributed by atoms with Crippen LogP contribution in [0.15, 0.2) is 22.9 Å². The summed E-state index contributed by atoms with van der Waals surface area (Å²) in [6.07, 6.45) is 1.97. The fraction of sp³-hybridized carbons (Fsp3) is 0.222. The van der Waals surface area contributed by atoms with E-state index in [9.17, 15) is 4.79 Å². The summed E-state index contributed by atoms with van der Waals surface area (Å²) >= 11 is 3.26. The van der Waals surface area contributed by atoms with Crippen LogP contribution in [0.3, 0.4) is 0 Å². The van der Waals surface area contributed by atoms with Crippen LogP contribution >= 0.6 is 15.9 Å². The van der Waals surface area contributed by atoms with E-state index in [2.05, 4.69) is 20.9 Å². The van der Waals surface area contributed by atoms with E-state index in [1.165, 1.54) is 0 Å². The van der Waals surface area contributed by atoms with Gasteiger partial charge < -0.3 is 5.73 Å². The molecule has 4 heteroatoms. The zero-order chi connectivity index (χ0) is 9.84. The van der Waals surface area contributed by atoms with Gasteiger partial charge >= 0.3 is 0 Å². The van der Waals surface area contributed by atoms with Gasteiger partial charge in [-0.15, -0.1) is 0 Å². The lowest BCUT2D eigenvalue weighted by molar-refractivity contribution is -0.117. The topological polar surface area (TPSA) is 56.0 Å². The van der Waals surface area contributed by atoms with E-state index in [0.29, 0.717) is 0 Å². The van der Waals surface area contributed by atoms with Crippen molar-refractivity contribution in [2.75, 3.05) is 0 Å². The Morgan fingerprint density at radius 3 is 2.92 bits per heavy atom. The van der Waals surface area contributed by atoms with E-state index in [4.69, 9.17) is 5.73 Å². The summed E-state index contributed by atoms with van der Waals surface area (Å²) in [6.45, 7) is 1.88. The van der Waals surface area contributed by atoms with Gasteiger partial charge in [-0.3, -0.25) is 4.79 Å². The number of amides is 1. The molecule has 0 fully saturated rings. The van der Waals surface area contributed by atoms with Crippen LogP contribution in [0, 0.1) is 5.92 Å². The number of aromatic nitrogens is 1. The third-order valence-electron chi connectivity index (χ3n) is 1.66. The molecule has 3 nitrogen and oxygen atoms in total. The molecule has 2 N–H and O–H groups in total. The second-order valence-electron chi connectivity index (χ2n) is 2.79. The molecule has 0 spiro atoms. The van der Waals surface area contributed by atoms with Crippen LogP contribution in [0.4, 0.5) is 0 Å². The first-order chi connectivity index (χ1) is 6.09. The van der Waals surface area contributed by atoms with E-state index in [1.54, 1.807) is 6.20 Å². The van der Waals surface area contributed by atoms with Gasteiger partial charge in [-0.25, -0.2) is 4.98 Å². The Hall–Kier alpha value is -0.900. The Morgan fingerprint density at radius 2 is 2.38 bits per heavy atom. The molecule has 0 aromatic carbocycles. The highest BCUT2D eigenvalue weighted by molar-refractivity contribution is 9.10. The fourth-order valence-electron chi connectivity index (χ4n) is 1.03. The molecule has 0 aliphatic heterocycles. The largest absolute Gasteiger partial charge is 0.370 e. The number of hydrogen-bond donors (Lipinski definition) is 1. The Kier molecular flexibility index (Phi) is 3.42. The van der Waals surface area contributed by atoms with E-state index in [0.717, 1.165) is 16.1 Å². The first-order valence-corrected chi connectivity index (χ1v) is 4.61. The molecule has 0 unspecified atom stereocenters. The summed E-state index contributed by atoms with van der Waals surface area (Å²) in [7, 11) is 0. The van der Waals surface area contributed by atoms with Crippen molar-refractivity contribution in [2.24, 2.45) is 5.73 Å². The third kappa shape index (κ3) is 3.14. The maximum absolute atomic E-state index is 10.6. The number of halogens is 1. The highest BCUT2D eigenvalue weighted by atomic mass is 79.9. The van der Waals surface area contributed by atoms with E-state index < -0.39 is 0 Å². The molecule has 0 saturated heterocycles. The zero-order valence-corrected chi connectivity index (χ0v) is 8.84. The highest BCUT2D eigenvalue weighted by Crippen LogP contribution is 2.19. The van der Waals surface area contributed by atoms with E-state index in [1.807, 2.05) is 19.1 Å². The summed E-state index contributed by atoms with van der Waals surface area (Å²) in [4.78, 5) is 14.6. The second kappa shape index (κ2) is 4.37. The van der Waals surface area contributed by atoms with Crippen molar-refractivity contribution in [3.8, 4) is 0 Å². The number of carbonyl (C=O) groups is 1. The molecule has 1 amide bonds. The van der Waals surface area contributed by atoms with Gasteiger partial charge in [0.05, 0.1) is 0 Å². The zero-order valence-electron chi connectivity index (χ0n) is 7.25. The van der Waals surface area contributed by atoms with Crippen LogP contribution in [-0.2, 0) is 4.79 Å². The minimum atomic E-state index is -0.314. The second-order valence-corrected chi connectivity index (χ2v) is 3.60. The van der Waals surface area contributed by atoms with Gasteiger partial charge in [0, 0.05) is 18.5 Å². The molecule has 1 aromatic rings. The molecule has 69 valence electrons. The van der Waals surface area contributed by atoms with E-state index >= 15 is 0 Å². The van der Waals surface area contributed by atoms with Crippen molar-refractivity contribution >= 4 is 21.8 Å². The van der Waals surface area contributed by atoms with Gasteiger partial charge in [0.15, 0.2) is 0 Å². The van der Waals surface area contributed by atoms with Gasteiger partial charge in [0.1, 0.15) is 4.60 Å². The van der Waals surface area contributed by atoms with Crippen molar-refractivity contribution in [3.63, 3.8) is 0 Å². The average Bonchev–Trinajstić information content (AvgIpc) is 2.03. The van der Waals surface area contributed by atoms with E-state index in [-0.39, 0.29) is 12.3 Å². The van der Waals surface area contributed by atoms with Gasteiger partial charge in [-0.2, -0.15) is 0 Å². The summed E-state index contributed by atoms with van der Waals surface area (Å²) in [5, 5.41) is 0. The summed E-state index contributed by atoms with van der Waals surface area (Å²) < 4.78 is 0.758. The molecular formula is C9H10BrN2O. The number of rotatable bonds is 3. The maximum Gasteiger partial charge on any atom is 0.218 e. The van der Waals surface area contributed by atoms with Crippen molar-refractivity contribution in [3.05, 3.63) is 34.4 Å². The molecule has 0 atom stereocenters. The predicted octanol–water partition coefficient (Wildman–Crippen LogP) is 1.66. The maximum atomic E-state index is 10.6. The molecule has 0 aliphatic carbocycles. The van der Waals surface area contributed by atoms with Crippen LogP contribution in [-0.4, -0.2) is 10.9 Å². The van der Waals surface area contributed by atoms with Crippen molar-refractivity contribution < 1.29 is 4.79 Å². The molecular weight excluding hydrogens is 232 g/mol. The predicted molar refractivity (Wildman–Crippen MR) is 53.8 cm³/mol. The molecule has 1 aromatic heterocycles. The first-order valence-electron chi connectivity index (χ1n) is 3.82.